The van der Waals surface area contributed by atoms with Gasteiger partial charge in [-0.3, -0.25) is 19.3 Å². The van der Waals surface area contributed by atoms with Crippen molar-refractivity contribution in [2.75, 3.05) is 7.05 Å². The Kier molecular flexibility index (Phi) is 4.76. The molecule has 1 saturated heterocycles. The molecule has 0 saturated carbocycles. The van der Waals surface area contributed by atoms with E-state index in [9.17, 15) is 9.59 Å². The van der Waals surface area contributed by atoms with Crippen molar-refractivity contribution in [2.24, 2.45) is 7.05 Å². The molecule has 138 valence electrons. The number of amides is 2. The lowest BCUT2D eigenvalue weighted by atomic mass is 9.93. The van der Waals surface area contributed by atoms with E-state index in [1.54, 1.807) is 29.7 Å². The number of likely N-dealkylation sites (N-methyl/N-ethyl adjacent to an activating group) is 1. The molecule has 1 N–H and O–H groups in total. The Labute approximate surface area is 152 Å². The molecule has 2 amide bonds. The summed E-state index contributed by atoms with van der Waals surface area (Å²) in [7, 11) is 3.60. The molecule has 1 aliphatic rings. The van der Waals surface area contributed by atoms with E-state index in [0.717, 1.165) is 17.1 Å². The molecule has 3 rings (SSSR count). The van der Waals surface area contributed by atoms with Crippen LogP contribution in [0.4, 0.5) is 0 Å². The summed E-state index contributed by atoms with van der Waals surface area (Å²) in [5.74, 6) is -0.207. The zero-order valence-corrected chi connectivity index (χ0v) is 15.8. The molecule has 1 aliphatic heterocycles. The summed E-state index contributed by atoms with van der Waals surface area (Å²) in [6.45, 7) is 5.49. The van der Waals surface area contributed by atoms with Gasteiger partial charge in [0.1, 0.15) is 5.69 Å². The van der Waals surface area contributed by atoms with E-state index in [-0.39, 0.29) is 23.9 Å². The van der Waals surface area contributed by atoms with Gasteiger partial charge in [-0.05, 0) is 33.3 Å². The Hall–Kier alpha value is -2.77. The van der Waals surface area contributed by atoms with Crippen LogP contribution < -0.4 is 5.32 Å². The van der Waals surface area contributed by atoms with Gasteiger partial charge in [-0.2, -0.15) is 5.10 Å². The smallest absolute Gasteiger partial charge is 0.272 e. The third-order valence-electron chi connectivity index (χ3n) is 5.04. The molecular formula is C18H24N6O2. The van der Waals surface area contributed by atoms with E-state index >= 15 is 0 Å². The van der Waals surface area contributed by atoms with Crippen molar-refractivity contribution in [1.82, 2.24) is 30.0 Å². The van der Waals surface area contributed by atoms with Gasteiger partial charge < -0.3 is 10.2 Å². The molecule has 0 aromatic carbocycles. The molecule has 0 spiro atoms. The summed E-state index contributed by atoms with van der Waals surface area (Å²) >= 11 is 0. The summed E-state index contributed by atoms with van der Waals surface area (Å²) in [6.07, 6.45) is 2.66. The molecule has 2 aromatic heterocycles. The van der Waals surface area contributed by atoms with Gasteiger partial charge in [0, 0.05) is 26.7 Å². The van der Waals surface area contributed by atoms with Crippen LogP contribution in [0.2, 0.25) is 0 Å². The summed E-state index contributed by atoms with van der Waals surface area (Å²) in [4.78, 5) is 35.5. The number of rotatable bonds is 3. The van der Waals surface area contributed by atoms with Crippen LogP contribution in [0, 0.1) is 20.8 Å². The van der Waals surface area contributed by atoms with E-state index < -0.39 is 0 Å². The monoisotopic (exact) mass is 356 g/mol. The second-order valence-electron chi connectivity index (χ2n) is 6.78. The van der Waals surface area contributed by atoms with E-state index in [2.05, 4.69) is 20.4 Å². The van der Waals surface area contributed by atoms with Crippen molar-refractivity contribution in [3.05, 3.63) is 40.7 Å². The Morgan fingerprint density at radius 3 is 2.50 bits per heavy atom. The summed E-state index contributed by atoms with van der Waals surface area (Å²) in [5.41, 5.74) is 3.36. The normalized spacial score (nSPS) is 20.3. The lowest BCUT2D eigenvalue weighted by Crippen LogP contribution is -2.51. The SMILES string of the molecule is Cc1nc(C)c(C(=O)N[C@@H]2CCC(=O)N(C)[C@H]2c2ccnn2C)nc1C. The molecule has 3 heterocycles. The lowest BCUT2D eigenvalue weighted by molar-refractivity contribution is -0.136. The average molecular weight is 356 g/mol. The Balaban J connectivity index is 1.89. The molecule has 0 radical (unpaired) electrons. The Morgan fingerprint density at radius 1 is 1.15 bits per heavy atom. The van der Waals surface area contributed by atoms with Gasteiger partial charge in [0.2, 0.25) is 5.91 Å². The lowest BCUT2D eigenvalue weighted by Gasteiger charge is -2.39. The first-order valence-corrected chi connectivity index (χ1v) is 8.66. The standard InChI is InChI=1S/C18H24N6O2/c1-10-11(2)21-16(12(3)20-10)18(26)22-13-6-7-15(25)23(4)17(13)14-8-9-19-24(14)5/h8-9,13,17H,6-7H2,1-5H3,(H,22,26)/t13-,17-/m1/s1. The molecule has 0 aliphatic carbocycles. The molecule has 0 unspecified atom stereocenters. The van der Waals surface area contributed by atoms with E-state index in [1.165, 1.54) is 0 Å². The predicted molar refractivity (Wildman–Crippen MR) is 95.5 cm³/mol. The highest BCUT2D eigenvalue weighted by atomic mass is 16.2. The number of hydrogen-bond acceptors (Lipinski definition) is 5. The minimum absolute atomic E-state index is 0.0591. The summed E-state index contributed by atoms with van der Waals surface area (Å²) in [6, 6.07) is 1.39. The molecule has 26 heavy (non-hydrogen) atoms. The number of likely N-dealkylation sites (tertiary alicyclic amines) is 1. The van der Waals surface area contributed by atoms with E-state index in [4.69, 9.17) is 0 Å². The third kappa shape index (κ3) is 3.18. The number of piperidine rings is 1. The molecule has 8 nitrogen and oxygen atoms in total. The Morgan fingerprint density at radius 2 is 1.85 bits per heavy atom. The molecule has 0 bridgehead atoms. The average Bonchev–Trinajstić information content (AvgIpc) is 3.00. The number of hydrogen-bond donors (Lipinski definition) is 1. The minimum atomic E-state index is -0.271. The summed E-state index contributed by atoms with van der Waals surface area (Å²) < 4.78 is 1.74. The van der Waals surface area contributed by atoms with Crippen molar-refractivity contribution in [1.29, 1.82) is 0 Å². The van der Waals surface area contributed by atoms with Gasteiger partial charge in [-0.15, -0.1) is 0 Å². The first kappa shape index (κ1) is 18.0. The van der Waals surface area contributed by atoms with Crippen LogP contribution in [0.1, 0.15) is 52.1 Å². The number of aryl methyl sites for hydroxylation is 4. The summed E-state index contributed by atoms with van der Waals surface area (Å²) in [5, 5.41) is 7.26. The third-order valence-corrected chi connectivity index (χ3v) is 5.04. The molecule has 1 fully saturated rings. The fourth-order valence-corrected chi connectivity index (χ4v) is 3.43. The zero-order valence-electron chi connectivity index (χ0n) is 15.8. The highest BCUT2D eigenvalue weighted by Crippen LogP contribution is 2.30. The van der Waals surface area contributed by atoms with Crippen LogP contribution >= 0.6 is 0 Å². The van der Waals surface area contributed by atoms with Gasteiger partial charge in [0.25, 0.3) is 5.91 Å². The number of nitrogens with one attached hydrogen (secondary N) is 1. The van der Waals surface area contributed by atoms with Gasteiger partial charge in [0.05, 0.1) is 34.9 Å². The number of carbonyl (C=O) groups excluding carboxylic acids is 2. The van der Waals surface area contributed by atoms with E-state index in [0.29, 0.717) is 24.2 Å². The Bertz CT molecular complexity index is 859. The highest BCUT2D eigenvalue weighted by molar-refractivity contribution is 5.93. The maximum Gasteiger partial charge on any atom is 0.272 e. The topological polar surface area (TPSA) is 93.0 Å². The van der Waals surface area contributed by atoms with Crippen LogP contribution in [0.3, 0.4) is 0 Å². The van der Waals surface area contributed by atoms with E-state index in [1.807, 2.05) is 27.0 Å². The van der Waals surface area contributed by atoms with Crippen LogP contribution in [-0.4, -0.2) is 49.6 Å². The van der Waals surface area contributed by atoms with Crippen molar-refractivity contribution in [3.8, 4) is 0 Å². The van der Waals surface area contributed by atoms with Crippen molar-refractivity contribution in [2.45, 2.75) is 45.7 Å². The maximum atomic E-state index is 12.8. The van der Waals surface area contributed by atoms with Crippen LogP contribution in [0.5, 0.6) is 0 Å². The second kappa shape index (κ2) is 6.86. The number of nitrogens with zero attached hydrogens (tertiary/aromatic N) is 5. The quantitative estimate of drug-likeness (QED) is 0.893. The fraction of sp³-hybridized carbons (Fsp3) is 0.500. The van der Waals surface area contributed by atoms with Gasteiger partial charge in [-0.25, -0.2) is 4.98 Å². The zero-order chi connectivity index (χ0) is 19.0. The number of carbonyl (C=O) groups is 2. The highest BCUT2D eigenvalue weighted by Gasteiger charge is 2.37. The predicted octanol–water partition coefficient (Wildman–Crippen LogP) is 1.23. The van der Waals surface area contributed by atoms with Crippen molar-refractivity contribution in [3.63, 3.8) is 0 Å². The first-order valence-electron chi connectivity index (χ1n) is 8.66. The van der Waals surface area contributed by atoms with Gasteiger partial charge >= 0.3 is 0 Å². The first-order chi connectivity index (χ1) is 12.3. The van der Waals surface area contributed by atoms with Gasteiger partial charge in [-0.1, -0.05) is 0 Å². The minimum Gasteiger partial charge on any atom is -0.345 e. The largest absolute Gasteiger partial charge is 0.345 e. The van der Waals surface area contributed by atoms with Crippen molar-refractivity contribution < 1.29 is 9.59 Å². The molecular weight excluding hydrogens is 332 g/mol. The number of aromatic nitrogens is 4. The van der Waals surface area contributed by atoms with Crippen LogP contribution in [0.25, 0.3) is 0 Å². The fourth-order valence-electron chi connectivity index (χ4n) is 3.43. The van der Waals surface area contributed by atoms with Crippen LogP contribution in [-0.2, 0) is 11.8 Å². The maximum absolute atomic E-state index is 12.8. The van der Waals surface area contributed by atoms with Crippen LogP contribution in [0.15, 0.2) is 12.3 Å². The second-order valence-corrected chi connectivity index (χ2v) is 6.78. The van der Waals surface area contributed by atoms with Gasteiger partial charge in [0.15, 0.2) is 0 Å². The molecule has 8 heteroatoms. The molecule has 2 aromatic rings. The molecule has 2 atom stereocenters. The van der Waals surface area contributed by atoms with Crippen molar-refractivity contribution >= 4 is 11.8 Å².